The van der Waals surface area contributed by atoms with Crippen LogP contribution >= 0.6 is 0 Å². The molecular weight excluding hydrogens is 416 g/mol. The summed E-state index contributed by atoms with van der Waals surface area (Å²) in [5.74, 6) is -2.96. The van der Waals surface area contributed by atoms with Crippen LogP contribution in [0.2, 0.25) is 0 Å². The molecule has 166 valence electrons. The number of para-hydroxylation sites is 1. The van der Waals surface area contributed by atoms with Crippen molar-refractivity contribution in [2.24, 2.45) is 5.92 Å². The average molecular weight is 438 g/mol. The molecular formula is C22H22F4N2O3. The third-order valence-corrected chi connectivity index (χ3v) is 5.20. The molecule has 9 heteroatoms. The molecule has 2 atom stereocenters. The Kier molecular flexibility index (Phi) is 7.14. The van der Waals surface area contributed by atoms with Crippen molar-refractivity contribution in [2.75, 3.05) is 13.1 Å². The van der Waals surface area contributed by atoms with E-state index in [4.69, 9.17) is 0 Å². The highest BCUT2D eigenvalue weighted by Gasteiger charge is 2.31. The number of carbonyl (C=O) groups excluding carboxylic acids is 2. The first-order valence-electron chi connectivity index (χ1n) is 9.84. The topological polar surface area (TPSA) is 58.6 Å². The van der Waals surface area contributed by atoms with E-state index in [1.165, 1.54) is 29.2 Å². The predicted molar refractivity (Wildman–Crippen MR) is 105 cm³/mol. The van der Waals surface area contributed by atoms with Gasteiger partial charge in [0.2, 0.25) is 5.91 Å². The predicted octanol–water partition coefficient (Wildman–Crippen LogP) is 4.30. The smallest absolute Gasteiger partial charge is 0.387 e. The lowest BCUT2D eigenvalue weighted by Gasteiger charge is -2.33. The van der Waals surface area contributed by atoms with Gasteiger partial charge in [-0.1, -0.05) is 12.1 Å². The van der Waals surface area contributed by atoms with Crippen LogP contribution in [0.25, 0.3) is 0 Å². The van der Waals surface area contributed by atoms with E-state index in [0.717, 1.165) is 18.2 Å². The van der Waals surface area contributed by atoms with Gasteiger partial charge in [-0.25, -0.2) is 8.78 Å². The van der Waals surface area contributed by atoms with Crippen LogP contribution in [0, 0.1) is 17.6 Å². The van der Waals surface area contributed by atoms with Gasteiger partial charge in [0.1, 0.15) is 17.4 Å². The molecule has 2 aromatic carbocycles. The Morgan fingerprint density at radius 2 is 1.90 bits per heavy atom. The minimum Gasteiger partial charge on any atom is -0.434 e. The van der Waals surface area contributed by atoms with Crippen molar-refractivity contribution in [3.8, 4) is 5.75 Å². The van der Waals surface area contributed by atoms with E-state index in [2.05, 4.69) is 10.1 Å². The average Bonchev–Trinajstić information content (AvgIpc) is 2.75. The SMILES string of the molecule is CC(NC(=O)C1CCCN(C(=O)c2ccccc2OC(F)F)C1)c1cc(F)ccc1F. The van der Waals surface area contributed by atoms with Gasteiger partial charge in [-0.05, 0) is 50.1 Å². The van der Waals surface area contributed by atoms with Crippen LogP contribution in [-0.4, -0.2) is 36.4 Å². The van der Waals surface area contributed by atoms with E-state index < -0.39 is 42.0 Å². The molecule has 0 bridgehead atoms. The summed E-state index contributed by atoms with van der Waals surface area (Å²) in [6, 6.07) is 7.93. The van der Waals surface area contributed by atoms with Gasteiger partial charge in [-0.15, -0.1) is 0 Å². The summed E-state index contributed by atoms with van der Waals surface area (Å²) in [7, 11) is 0. The van der Waals surface area contributed by atoms with Crippen molar-refractivity contribution in [1.29, 1.82) is 0 Å². The third kappa shape index (κ3) is 5.53. The zero-order valence-electron chi connectivity index (χ0n) is 16.8. The maximum absolute atomic E-state index is 14.0. The monoisotopic (exact) mass is 438 g/mol. The molecule has 1 N–H and O–H groups in total. The first kappa shape index (κ1) is 22.6. The zero-order chi connectivity index (χ0) is 22.5. The van der Waals surface area contributed by atoms with Gasteiger partial charge in [0, 0.05) is 18.7 Å². The zero-order valence-corrected chi connectivity index (χ0v) is 16.8. The van der Waals surface area contributed by atoms with E-state index >= 15 is 0 Å². The Labute approximate surface area is 177 Å². The second-order valence-corrected chi connectivity index (χ2v) is 7.36. The van der Waals surface area contributed by atoms with E-state index in [-0.39, 0.29) is 23.4 Å². The van der Waals surface area contributed by atoms with Crippen molar-refractivity contribution >= 4 is 11.8 Å². The maximum Gasteiger partial charge on any atom is 0.387 e. The fourth-order valence-electron chi connectivity index (χ4n) is 3.64. The molecule has 0 aromatic heterocycles. The summed E-state index contributed by atoms with van der Waals surface area (Å²) in [4.78, 5) is 27.0. The van der Waals surface area contributed by atoms with Crippen LogP contribution in [-0.2, 0) is 4.79 Å². The minimum absolute atomic E-state index is 0.0148. The maximum atomic E-state index is 14.0. The number of likely N-dealkylation sites (tertiary alicyclic amines) is 1. The van der Waals surface area contributed by atoms with Crippen molar-refractivity contribution in [3.63, 3.8) is 0 Å². The molecule has 1 aliphatic heterocycles. The van der Waals surface area contributed by atoms with Crippen LogP contribution in [0.1, 0.15) is 41.7 Å². The Hall–Kier alpha value is -3.10. The van der Waals surface area contributed by atoms with E-state index in [0.29, 0.717) is 19.4 Å². The quantitative estimate of drug-likeness (QED) is 0.685. The largest absolute Gasteiger partial charge is 0.434 e. The standard InChI is InChI=1S/C22H22F4N2O3/c1-13(17-11-15(23)8-9-18(17)24)27-20(29)14-5-4-10-28(12-14)21(30)16-6-2-3-7-19(16)31-22(25)26/h2-3,6-9,11,13-14,22H,4-5,10,12H2,1H3,(H,27,29). The van der Waals surface area contributed by atoms with Crippen LogP contribution in [0.4, 0.5) is 17.6 Å². The number of carbonyl (C=O) groups is 2. The molecule has 1 heterocycles. The number of hydrogen-bond acceptors (Lipinski definition) is 3. The number of piperidine rings is 1. The molecule has 3 rings (SSSR count). The van der Waals surface area contributed by atoms with Crippen LogP contribution in [0.15, 0.2) is 42.5 Å². The first-order chi connectivity index (χ1) is 14.8. The lowest BCUT2D eigenvalue weighted by Crippen LogP contribution is -2.46. The Bertz CT molecular complexity index is 954. The lowest BCUT2D eigenvalue weighted by molar-refractivity contribution is -0.127. The molecule has 2 amide bonds. The summed E-state index contributed by atoms with van der Waals surface area (Å²) in [6.45, 7) is -1.09. The van der Waals surface area contributed by atoms with E-state index in [1.807, 2.05) is 0 Å². The normalized spacial score (nSPS) is 17.4. The highest BCUT2D eigenvalue weighted by Crippen LogP contribution is 2.26. The highest BCUT2D eigenvalue weighted by atomic mass is 19.3. The molecule has 1 fully saturated rings. The fourth-order valence-corrected chi connectivity index (χ4v) is 3.64. The molecule has 1 aliphatic rings. The Morgan fingerprint density at radius 1 is 1.16 bits per heavy atom. The summed E-state index contributed by atoms with van der Waals surface area (Å²) >= 11 is 0. The Morgan fingerprint density at radius 3 is 2.65 bits per heavy atom. The summed E-state index contributed by atoms with van der Waals surface area (Å²) in [5.41, 5.74) is 0.00854. The van der Waals surface area contributed by atoms with Crippen molar-refractivity contribution in [2.45, 2.75) is 32.4 Å². The van der Waals surface area contributed by atoms with Gasteiger partial charge < -0.3 is 15.0 Å². The van der Waals surface area contributed by atoms with Crippen molar-refractivity contribution in [3.05, 3.63) is 65.2 Å². The summed E-state index contributed by atoms with van der Waals surface area (Å²) in [6.07, 6.45) is 1.04. The molecule has 5 nitrogen and oxygen atoms in total. The van der Waals surface area contributed by atoms with Crippen LogP contribution < -0.4 is 10.1 Å². The summed E-state index contributed by atoms with van der Waals surface area (Å²) in [5, 5.41) is 2.66. The van der Waals surface area contributed by atoms with Gasteiger partial charge in [0.15, 0.2) is 0 Å². The van der Waals surface area contributed by atoms with Crippen LogP contribution in [0.5, 0.6) is 5.75 Å². The van der Waals surface area contributed by atoms with Crippen LogP contribution in [0.3, 0.4) is 0 Å². The second kappa shape index (κ2) is 9.80. The first-order valence-corrected chi connectivity index (χ1v) is 9.84. The van der Waals surface area contributed by atoms with E-state index in [1.54, 1.807) is 6.92 Å². The van der Waals surface area contributed by atoms with Gasteiger partial charge in [0.05, 0.1) is 17.5 Å². The molecule has 2 aromatic rings. The Balaban J connectivity index is 1.68. The fraction of sp³-hybridized carbons (Fsp3) is 0.364. The molecule has 2 unspecified atom stereocenters. The number of amides is 2. The van der Waals surface area contributed by atoms with Gasteiger partial charge in [-0.3, -0.25) is 9.59 Å². The number of nitrogens with one attached hydrogen (secondary N) is 1. The second-order valence-electron chi connectivity index (χ2n) is 7.36. The highest BCUT2D eigenvalue weighted by molar-refractivity contribution is 5.97. The molecule has 0 radical (unpaired) electrons. The van der Waals surface area contributed by atoms with E-state index in [9.17, 15) is 27.2 Å². The molecule has 0 saturated carbocycles. The van der Waals surface area contributed by atoms with Gasteiger partial charge in [-0.2, -0.15) is 8.78 Å². The van der Waals surface area contributed by atoms with Crippen molar-refractivity contribution in [1.82, 2.24) is 10.2 Å². The molecule has 0 spiro atoms. The molecule has 1 saturated heterocycles. The van der Waals surface area contributed by atoms with Gasteiger partial charge in [0.25, 0.3) is 5.91 Å². The number of hydrogen-bond donors (Lipinski definition) is 1. The molecule has 31 heavy (non-hydrogen) atoms. The number of ether oxygens (including phenoxy) is 1. The number of alkyl halides is 2. The lowest BCUT2D eigenvalue weighted by atomic mass is 9.95. The molecule has 0 aliphatic carbocycles. The number of nitrogens with zero attached hydrogens (tertiary/aromatic N) is 1. The summed E-state index contributed by atoms with van der Waals surface area (Å²) < 4.78 is 57.1. The number of benzene rings is 2. The number of halogens is 4. The van der Waals surface area contributed by atoms with Crippen molar-refractivity contribution < 1.29 is 31.9 Å². The van der Waals surface area contributed by atoms with Gasteiger partial charge >= 0.3 is 6.61 Å². The third-order valence-electron chi connectivity index (χ3n) is 5.20. The minimum atomic E-state index is -3.07. The number of rotatable bonds is 6.